The molecule has 16 heavy (non-hydrogen) atoms. The molecule has 0 fully saturated rings. The molecule has 0 unspecified atom stereocenters. The first-order chi connectivity index (χ1) is 7.33. The standard InChI is InChI=1S/C14H22O2/c1-10-9-12(3)16-13(10)14(4,5)8-6-7-11(2)15/h9H,6-8H2,1-5H3. The molecular formula is C14H22O2. The third kappa shape index (κ3) is 3.22. The molecule has 0 saturated carbocycles. The topological polar surface area (TPSA) is 30.2 Å². The first-order valence-electron chi connectivity index (χ1n) is 5.90. The highest BCUT2D eigenvalue weighted by atomic mass is 16.3. The lowest BCUT2D eigenvalue weighted by Crippen LogP contribution is -2.17. The van der Waals surface area contributed by atoms with E-state index in [0.717, 1.165) is 24.4 Å². The van der Waals surface area contributed by atoms with Gasteiger partial charge in [0.25, 0.3) is 0 Å². The highest BCUT2D eigenvalue weighted by Crippen LogP contribution is 2.33. The lowest BCUT2D eigenvalue weighted by Gasteiger charge is -2.22. The Morgan fingerprint density at radius 3 is 2.44 bits per heavy atom. The largest absolute Gasteiger partial charge is 0.466 e. The van der Waals surface area contributed by atoms with Gasteiger partial charge in [0, 0.05) is 11.8 Å². The second-order valence-corrected chi connectivity index (χ2v) is 5.31. The molecule has 90 valence electrons. The first-order valence-corrected chi connectivity index (χ1v) is 5.90. The van der Waals surface area contributed by atoms with E-state index in [2.05, 4.69) is 26.8 Å². The van der Waals surface area contributed by atoms with E-state index in [4.69, 9.17) is 4.42 Å². The number of carbonyl (C=O) groups excluding carboxylic acids is 1. The number of hydrogen-bond donors (Lipinski definition) is 0. The summed E-state index contributed by atoms with van der Waals surface area (Å²) in [5.41, 5.74) is 1.23. The molecule has 0 amide bonds. The SMILES string of the molecule is CC(=O)CCCC(C)(C)c1oc(C)cc1C. The lowest BCUT2D eigenvalue weighted by molar-refractivity contribution is -0.117. The van der Waals surface area contributed by atoms with Crippen LogP contribution in [0.25, 0.3) is 0 Å². The van der Waals surface area contributed by atoms with Crippen molar-refractivity contribution in [3.63, 3.8) is 0 Å². The summed E-state index contributed by atoms with van der Waals surface area (Å²) in [6, 6.07) is 2.07. The Balaban J connectivity index is 2.69. The third-order valence-corrected chi connectivity index (χ3v) is 2.99. The molecular weight excluding hydrogens is 200 g/mol. The zero-order chi connectivity index (χ0) is 12.3. The number of aryl methyl sites for hydroxylation is 2. The van der Waals surface area contributed by atoms with Gasteiger partial charge < -0.3 is 9.21 Å². The minimum atomic E-state index is 0.0216. The fourth-order valence-electron chi connectivity index (χ4n) is 2.21. The van der Waals surface area contributed by atoms with Gasteiger partial charge in [0.2, 0.25) is 0 Å². The average Bonchev–Trinajstić information content (AvgIpc) is 2.44. The van der Waals surface area contributed by atoms with Crippen molar-refractivity contribution in [2.24, 2.45) is 0 Å². The normalized spacial score (nSPS) is 11.8. The summed E-state index contributed by atoms with van der Waals surface area (Å²) < 4.78 is 5.75. The maximum atomic E-state index is 10.9. The molecule has 2 heteroatoms. The fourth-order valence-corrected chi connectivity index (χ4v) is 2.21. The number of furan rings is 1. The van der Waals surface area contributed by atoms with Gasteiger partial charge in [0.1, 0.15) is 17.3 Å². The van der Waals surface area contributed by atoms with Crippen molar-refractivity contribution in [2.45, 2.75) is 59.3 Å². The van der Waals surface area contributed by atoms with Gasteiger partial charge in [-0.15, -0.1) is 0 Å². The molecule has 1 heterocycles. The van der Waals surface area contributed by atoms with E-state index in [9.17, 15) is 4.79 Å². The minimum Gasteiger partial charge on any atom is -0.466 e. The molecule has 0 bridgehead atoms. The van der Waals surface area contributed by atoms with Crippen LogP contribution in [0.3, 0.4) is 0 Å². The van der Waals surface area contributed by atoms with Gasteiger partial charge in [0.15, 0.2) is 0 Å². The zero-order valence-corrected chi connectivity index (χ0v) is 11.0. The van der Waals surface area contributed by atoms with E-state index in [1.165, 1.54) is 5.56 Å². The van der Waals surface area contributed by atoms with Crippen LogP contribution in [0.5, 0.6) is 0 Å². The van der Waals surface area contributed by atoms with E-state index >= 15 is 0 Å². The monoisotopic (exact) mass is 222 g/mol. The molecule has 2 nitrogen and oxygen atoms in total. The number of Topliss-reactive ketones (excluding diaryl/α,β-unsaturated/α-hetero) is 1. The van der Waals surface area contributed by atoms with Gasteiger partial charge >= 0.3 is 0 Å². The molecule has 0 spiro atoms. The zero-order valence-electron chi connectivity index (χ0n) is 11.0. The maximum Gasteiger partial charge on any atom is 0.129 e. The van der Waals surface area contributed by atoms with E-state index in [1.807, 2.05) is 6.92 Å². The van der Waals surface area contributed by atoms with E-state index in [1.54, 1.807) is 6.92 Å². The Labute approximate surface area is 98.0 Å². The van der Waals surface area contributed by atoms with Crippen LogP contribution in [0.1, 0.15) is 57.1 Å². The van der Waals surface area contributed by atoms with E-state index < -0.39 is 0 Å². The van der Waals surface area contributed by atoms with Crippen molar-refractivity contribution in [3.8, 4) is 0 Å². The number of carbonyl (C=O) groups is 1. The summed E-state index contributed by atoms with van der Waals surface area (Å²) in [5, 5.41) is 0. The Morgan fingerprint density at radius 2 is 2.00 bits per heavy atom. The summed E-state index contributed by atoms with van der Waals surface area (Å²) in [6.07, 6.45) is 2.59. The highest BCUT2D eigenvalue weighted by Gasteiger charge is 2.26. The smallest absolute Gasteiger partial charge is 0.129 e. The molecule has 1 rings (SSSR count). The van der Waals surface area contributed by atoms with Crippen molar-refractivity contribution < 1.29 is 9.21 Å². The molecule has 0 saturated heterocycles. The summed E-state index contributed by atoms with van der Waals surface area (Å²) in [6.45, 7) is 10.1. The molecule has 1 aromatic heterocycles. The average molecular weight is 222 g/mol. The van der Waals surface area contributed by atoms with Crippen LogP contribution in [-0.2, 0) is 10.2 Å². The summed E-state index contributed by atoms with van der Waals surface area (Å²) >= 11 is 0. The van der Waals surface area contributed by atoms with Crippen molar-refractivity contribution >= 4 is 5.78 Å². The maximum absolute atomic E-state index is 10.9. The fraction of sp³-hybridized carbons (Fsp3) is 0.643. The summed E-state index contributed by atoms with van der Waals surface area (Å²) in [7, 11) is 0. The van der Waals surface area contributed by atoms with Crippen molar-refractivity contribution in [3.05, 3.63) is 23.2 Å². The second kappa shape index (κ2) is 4.86. The molecule has 0 N–H and O–H groups in total. The van der Waals surface area contributed by atoms with E-state index in [0.29, 0.717) is 6.42 Å². The molecule has 0 radical (unpaired) electrons. The summed E-state index contributed by atoms with van der Waals surface area (Å²) in [4.78, 5) is 10.9. The lowest BCUT2D eigenvalue weighted by atomic mass is 9.83. The Hall–Kier alpha value is -1.05. The van der Waals surface area contributed by atoms with Crippen LogP contribution in [-0.4, -0.2) is 5.78 Å². The van der Waals surface area contributed by atoms with Crippen molar-refractivity contribution in [1.29, 1.82) is 0 Å². The number of ketones is 1. The van der Waals surface area contributed by atoms with Crippen LogP contribution >= 0.6 is 0 Å². The number of rotatable bonds is 5. The molecule has 0 aliphatic carbocycles. The second-order valence-electron chi connectivity index (χ2n) is 5.31. The Morgan fingerprint density at radius 1 is 1.38 bits per heavy atom. The number of hydrogen-bond acceptors (Lipinski definition) is 2. The van der Waals surface area contributed by atoms with Crippen molar-refractivity contribution in [2.75, 3.05) is 0 Å². The molecule has 0 aliphatic rings. The molecule has 0 aliphatic heterocycles. The van der Waals surface area contributed by atoms with Gasteiger partial charge in [-0.05, 0) is 45.2 Å². The van der Waals surface area contributed by atoms with E-state index in [-0.39, 0.29) is 11.2 Å². The first kappa shape index (κ1) is 13.0. The quantitative estimate of drug-likeness (QED) is 0.755. The highest BCUT2D eigenvalue weighted by molar-refractivity contribution is 5.75. The van der Waals surface area contributed by atoms with Crippen LogP contribution in [0, 0.1) is 13.8 Å². The van der Waals surface area contributed by atoms with Crippen LogP contribution in [0.4, 0.5) is 0 Å². The van der Waals surface area contributed by atoms with Crippen molar-refractivity contribution in [1.82, 2.24) is 0 Å². The molecule has 0 atom stereocenters. The van der Waals surface area contributed by atoms with Crippen LogP contribution in [0.15, 0.2) is 10.5 Å². The van der Waals surface area contributed by atoms with Gasteiger partial charge in [-0.3, -0.25) is 0 Å². The Kier molecular flexibility index (Phi) is 3.95. The van der Waals surface area contributed by atoms with Gasteiger partial charge in [-0.1, -0.05) is 13.8 Å². The summed E-state index contributed by atoms with van der Waals surface area (Å²) in [5.74, 6) is 2.30. The van der Waals surface area contributed by atoms with Crippen LogP contribution in [0.2, 0.25) is 0 Å². The Bertz CT molecular complexity index is 372. The molecule has 1 aromatic rings. The predicted octanol–water partition coefficient (Wildman–Crippen LogP) is 3.93. The van der Waals surface area contributed by atoms with Crippen LogP contribution < -0.4 is 0 Å². The minimum absolute atomic E-state index is 0.0216. The predicted molar refractivity (Wildman–Crippen MR) is 65.7 cm³/mol. The van der Waals surface area contributed by atoms with Gasteiger partial charge in [0.05, 0.1) is 0 Å². The van der Waals surface area contributed by atoms with Gasteiger partial charge in [-0.25, -0.2) is 0 Å². The van der Waals surface area contributed by atoms with Gasteiger partial charge in [-0.2, -0.15) is 0 Å². The molecule has 0 aromatic carbocycles. The third-order valence-electron chi connectivity index (χ3n) is 2.99.